The second kappa shape index (κ2) is 32.3. The van der Waals surface area contributed by atoms with Crippen molar-refractivity contribution in [1.82, 2.24) is 0 Å². The van der Waals surface area contributed by atoms with Gasteiger partial charge in [0.15, 0.2) is 0 Å². The summed E-state index contributed by atoms with van der Waals surface area (Å²) < 4.78 is 44.4. The largest absolute Gasteiger partial charge is 0.756 e. The standard InChI is InChI=1S/C13H32N2O2.2C12H27O4P/c1-5-14(6-2,9-11-16)13-15(7-3,8-4)10-12-17;2*1-5-11(6-2)9-15-17(13,14)16-10-12(7-3)8-4/h16-17H,5-13H2,1-4H3;2*11-12H,5-10H2,1-4H3,(H,13,14)/q+2;;/p-2. The van der Waals surface area contributed by atoms with Crippen LogP contribution in [0.25, 0.3) is 0 Å². The maximum atomic E-state index is 11.5. The van der Waals surface area contributed by atoms with Gasteiger partial charge < -0.3 is 38.1 Å². The highest BCUT2D eigenvalue weighted by Crippen LogP contribution is 2.41. The molecular formula is C37H84N2O10P2. The Labute approximate surface area is 315 Å². The molecule has 0 fully saturated rings. The first kappa shape index (κ1) is 55.4. The van der Waals surface area contributed by atoms with Crippen LogP contribution in [-0.4, -0.2) is 105 Å². The van der Waals surface area contributed by atoms with Gasteiger partial charge in [-0.25, -0.2) is 0 Å². The van der Waals surface area contributed by atoms with Gasteiger partial charge in [0.05, 0.1) is 65.8 Å². The van der Waals surface area contributed by atoms with E-state index in [1.165, 1.54) is 0 Å². The van der Waals surface area contributed by atoms with Crippen LogP contribution in [-0.2, 0) is 27.2 Å². The molecule has 0 aromatic carbocycles. The zero-order valence-electron chi connectivity index (χ0n) is 35.1. The summed E-state index contributed by atoms with van der Waals surface area (Å²) in [6, 6.07) is 0. The fourth-order valence-corrected chi connectivity index (χ4v) is 7.36. The molecule has 0 heterocycles. The molecule has 0 rings (SSSR count). The molecule has 0 aliphatic heterocycles. The summed E-state index contributed by atoms with van der Waals surface area (Å²) in [6.07, 6.45) is 7.36. The molecule has 0 amide bonds. The van der Waals surface area contributed by atoms with E-state index in [9.17, 15) is 29.1 Å². The first-order valence-electron chi connectivity index (χ1n) is 20.2. The average molecular weight is 779 g/mol. The third kappa shape index (κ3) is 26.5. The second-order valence-corrected chi connectivity index (χ2v) is 16.6. The van der Waals surface area contributed by atoms with Crippen LogP contribution in [0.1, 0.15) is 134 Å². The van der Waals surface area contributed by atoms with Gasteiger partial charge in [0.25, 0.3) is 15.6 Å². The molecule has 0 saturated heterocycles. The number of nitrogens with zero attached hydrogens (tertiary/aromatic N) is 2. The summed E-state index contributed by atoms with van der Waals surface area (Å²) in [7, 11) is -8.21. The summed E-state index contributed by atoms with van der Waals surface area (Å²) >= 11 is 0. The molecule has 0 radical (unpaired) electrons. The molecule has 51 heavy (non-hydrogen) atoms. The lowest BCUT2D eigenvalue weighted by Crippen LogP contribution is -2.64. The number of hydrogen-bond acceptors (Lipinski definition) is 10. The monoisotopic (exact) mass is 779 g/mol. The number of likely N-dealkylation sites (N-methyl/N-ethyl adjacent to an activating group) is 2. The third-order valence-corrected chi connectivity index (χ3v) is 12.8. The maximum Gasteiger partial charge on any atom is 0.267 e. The Hall–Kier alpha value is 0.0600. The van der Waals surface area contributed by atoms with Crippen LogP contribution >= 0.6 is 15.6 Å². The van der Waals surface area contributed by atoms with Crippen LogP contribution in [0.3, 0.4) is 0 Å². The topological polar surface area (TPSA) is 158 Å². The Morgan fingerprint density at radius 3 is 0.784 bits per heavy atom. The Bertz CT molecular complexity index is 754. The van der Waals surface area contributed by atoms with Gasteiger partial charge in [-0.05, 0) is 51.4 Å². The van der Waals surface area contributed by atoms with Crippen molar-refractivity contribution in [1.29, 1.82) is 0 Å². The summed E-state index contributed by atoms with van der Waals surface area (Å²) in [5, 5.41) is 18.5. The lowest BCUT2D eigenvalue weighted by molar-refractivity contribution is -1.10. The second-order valence-electron chi connectivity index (χ2n) is 13.8. The molecule has 0 aromatic heterocycles. The number of rotatable bonds is 30. The molecule has 12 nitrogen and oxygen atoms in total. The smallest absolute Gasteiger partial charge is 0.267 e. The van der Waals surface area contributed by atoms with Crippen molar-refractivity contribution in [2.45, 2.75) is 134 Å². The minimum atomic E-state index is -4.10. The average Bonchev–Trinajstić information content (AvgIpc) is 3.13. The molecule has 0 aliphatic rings. The predicted octanol–water partition coefficient (Wildman–Crippen LogP) is 7.36. The number of hydrogen-bond donors (Lipinski definition) is 2. The fraction of sp³-hybridized carbons (Fsp3) is 1.00. The Morgan fingerprint density at radius 1 is 0.451 bits per heavy atom. The normalized spacial score (nSPS) is 12.8. The van der Waals surface area contributed by atoms with E-state index in [2.05, 4.69) is 27.7 Å². The van der Waals surface area contributed by atoms with Crippen molar-refractivity contribution in [3.63, 3.8) is 0 Å². The van der Waals surface area contributed by atoms with Gasteiger partial charge in [-0.1, -0.05) is 107 Å². The maximum absolute atomic E-state index is 11.5. The van der Waals surface area contributed by atoms with E-state index in [-0.39, 0.29) is 63.3 Å². The van der Waals surface area contributed by atoms with Gasteiger partial charge in [0.2, 0.25) is 6.67 Å². The van der Waals surface area contributed by atoms with E-state index in [0.717, 1.165) is 106 Å². The summed E-state index contributed by atoms with van der Waals surface area (Å²) in [6.45, 7) is 33.2. The molecule has 312 valence electrons. The van der Waals surface area contributed by atoms with Crippen molar-refractivity contribution in [2.24, 2.45) is 23.7 Å². The van der Waals surface area contributed by atoms with E-state index in [0.29, 0.717) is 0 Å². The molecular weight excluding hydrogens is 694 g/mol. The predicted molar refractivity (Wildman–Crippen MR) is 207 cm³/mol. The summed E-state index contributed by atoms with van der Waals surface area (Å²) in [5.74, 6) is 1.14. The van der Waals surface area contributed by atoms with Gasteiger partial charge in [-0.2, -0.15) is 0 Å². The number of aliphatic hydroxyl groups is 2. The van der Waals surface area contributed by atoms with Gasteiger partial charge in [0.1, 0.15) is 13.1 Å². The first-order chi connectivity index (χ1) is 24.0. The molecule has 0 aliphatic carbocycles. The van der Waals surface area contributed by atoms with E-state index in [1.807, 2.05) is 55.4 Å². The van der Waals surface area contributed by atoms with E-state index in [1.54, 1.807) is 0 Å². The van der Waals surface area contributed by atoms with Crippen LogP contribution in [0.2, 0.25) is 0 Å². The zero-order valence-corrected chi connectivity index (χ0v) is 36.9. The molecule has 0 aromatic rings. The Morgan fingerprint density at radius 2 is 0.647 bits per heavy atom. The highest BCUT2D eigenvalue weighted by Gasteiger charge is 2.35. The van der Waals surface area contributed by atoms with Gasteiger partial charge in [-0.15, -0.1) is 0 Å². The van der Waals surface area contributed by atoms with E-state index in [4.69, 9.17) is 18.1 Å². The molecule has 0 atom stereocenters. The van der Waals surface area contributed by atoms with Gasteiger partial charge >= 0.3 is 0 Å². The third-order valence-electron chi connectivity index (χ3n) is 10.9. The van der Waals surface area contributed by atoms with Crippen molar-refractivity contribution in [2.75, 3.05) is 85.6 Å². The van der Waals surface area contributed by atoms with Crippen molar-refractivity contribution in [3.8, 4) is 0 Å². The van der Waals surface area contributed by atoms with Crippen LogP contribution in [0.15, 0.2) is 0 Å². The van der Waals surface area contributed by atoms with Crippen LogP contribution in [0.5, 0.6) is 0 Å². The highest BCUT2D eigenvalue weighted by atomic mass is 31.2. The van der Waals surface area contributed by atoms with Gasteiger partial charge in [-0.3, -0.25) is 18.1 Å². The molecule has 0 unspecified atom stereocenters. The highest BCUT2D eigenvalue weighted by molar-refractivity contribution is 7.46. The van der Waals surface area contributed by atoms with Crippen molar-refractivity contribution >= 4 is 15.6 Å². The number of phosphoric ester groups is 2. The molecule has 0 saturated carbocycles. The van der Waals surface area contributed by atoms with E-state index >= 15 is 0 Å². The quantitative estimate of drug-likeness (QED) is 0.0429. The lowest BCUT2D eigenvalue weighted by Gasteiger charge is -2.45. The van der Waals surface area contributed by atoms with Crippen molar-refractivity contribution < 1.29 is 56.2 Å². The Kier molecular flexibility index (Phi) is 35.1. The SMILES string of the molecule is CCC(CC)COP(=O)([O-])OCC(CC)CC.CCC(CC)COP(=O)([O-])OCC(CC)CC.CC[N+](CC)(CCO)C[N+](CC)(CC)CCO. The molecule has 14 heteroatoms. The minimum absolute atomic E-state index is 0.233. The minimum Gasteiger partial charge on any atom is -0.756 e. The molecule has 0 bridgehead atoms. The lowest BCUT2D eigenvalue weighted by atomic mass is 10.1. The van der Waals surface area contributed by atoms with Crippen LogP contribution < -0.4 is 9.79 Å². The first-order valence-corrected chi connectivity index (χ1v) is 23.1. The molecule has 2 N–H and O–H groups in total. The molecule has 0 spiro atoms. The number of quaternary nitrogens is 2. The van der Waals surface area contributed by atoms with Gasteiger partial charge in [0, 0.05) is 0 Å². The van der Waals surface area contributed by atoms with Crippen LogP contribution in [0.4, 0.5) is 0 Å². The van der Waals surface area contributed by atoms with Crippen LogP contribution in [0, 0.1) is 23.7 Å². The Balaban J connectivity index is -0.000000678. The fourth-order valence-electron chi connectivity index (χ4n) is 5.64. The number of aliphatic hydroxyl groups excluding tert-OH is 2. The number of phosphoric acid groups is 2. The van der Waals surface area contributed by atoms with E-state index < -0.39 is 15.6 Å². The van der Waals surface area contributed by atoms with Crippen molar-refractivity contribution in [3.05, 3.63) is 0 Å². The summed E-state index contributed by atoms with van der Waals surface area (Å²) in [4.78, 5) is 23.0. The summed E-state index contributed by atoms with van der Waals surface area (Å²) in [5.41, 5.74) is 0. The zero-order chi connectivity index (χ0) is 40.0.